The molecule has 152 valence electrons. The van der Waals surface area contributed by atoms with Crippen LogP contribution in [0.5, 0.6) is 0 Å². The van der Waals surface area contributed by atoms with E-state index < -0.39 is 23.7 Å². The number of fused-ring (bicyclic) bond motifs is 1. The van der Waals surface area contributed by atoms with Gasteiger partial charge in [0, 0.05) is 25.7 Å². The summed E-state index contributed by atoms with van der Waals surface area (Å²) in [5.41, 5.74) is 1.02. The lowest BCUT2D eigenvalue weighted by molar-refractivity contribution is -0.146. The van der Waals surface area contributed by atoms with Crippen molar-refractivity contribution in [2.75, 3.05) is 26.3 Å². The first-order chi connectivity index (χ1) is 13.8. The fraction of sp³-hybridized carbons (Fsp3) is 0.300. The normalized spacial score (nSPS) is 15.1. The maximum atomic E-state index is 14.7. The van der Waals surface area contributed by atoms with Crippen LogP contribution in [0.25, 0.3) is 22.2 Å². The average Bonchev–Trinajstić information content (AvgIpc) is 3.05. The van der Waals surface area contributed by atoms with Gasteiger partial charge in [-0.1, -0.05) is 18.2 Å². The average molecular weight is 407 g/mol. The molecule has 3 aromatic rings. The van der Waals surface area contributed by atoms with Gasteiger partial charge in [0.2, 0.25) is 5.82 Å². The molecule has 4 rings (SSSR count). The number of alkyl halides is 3. The molecule has 1 fully saturated rings. The zero-order valence-corrected chi connectivity index (χ0v) is 15.5. The predicted molar refractivity (Wildman–Crippen MR) is 97.8 cm³/mol. The summed E-state index contributed by atoms with van der Waals surface area (Å²) in [5, 5.41) is 0. The van der Waals surface area contributed by atoms with E-state index in [9.17, 15) is 22.4 Å². The molecular formula is C20H17F4N3O2. The molecule has 9 heteroatoms. The number of aromatic nitrogens is 2. The molecule has 0 bridgehead atoms. The minimum atomic E-state index is -4.61. The van der Waals surface area contributed by atoms with Gasteiger partial charge in [0.15, 0.2) is 0 Å². The number of nitrogens with zero attached hydrogens (tertiary/aromatic N) is 3. The number of ether oxygens (including phenoxy) is 1. The monoisotopic (exact) mass is 407 g/mol. The Bertz CT molecular complexity index is 1090. The second-order valence-electron chi connectivity index (χ2n) is 6.76. The molecule has 2 aromatic carbocycles. The Morgan fingerprint density at radius 2 is 1.86 bits per heavy atom. The van der Waals surface area contributed by atoms with E-state index in [1.165, 1.54) is 30.1 Å². The Morgan fingerprint density at radius 3 is 2.52 bits per heavy atom. The molecule has 1 saturated heterocycles. The number of morpholine rings is 1. The maximum absolute atomic E-state index is 14.7. The van der Waals surface area contributed by atoms with Crippen molar-refractivity contribution in [1.82, 2.24) is 14.5 Å². The molecule has 1 aliphatic heterocycles. The van der Waals surface area contributed by atoms with E-state index in [1.54, 1.807) is 12.1 Å². The van der Waals surface area contributed by atoms with Crippen molar-refractivity contribution in [3.63, 3.8) is 0 Å². The van der Waals surface area contributed by atoms with Crippen molar-refractivity contribution in [3.05, 3.63) is 53.6 Å². The molecule has 0 radical (unpaired) electrons. The minimum absolute atomic E-state index is 0.0835. The lowest BCUT2D eigenvalue weighted by Crippen LogP contribution is -2.41. The van der Waals surface area contributed by atoms with Gasteiger partial charge in [-0.3, -0.25) is 4.79 Å². The standard InChI is InChI=1S/C20H17F4N3O2/c1-26-16-4-2-3-13(17(16)25-19(26)20(22,23)24)12-5-6-14(15(21)11-12)18(28)27-7-9-29-10-8-27/h2-6,11H,7-10H2,1H3. The molecule has 0 unspecified atom stereocenters. The molecule has 29 heavy (non-hydrogen) atoms. The second-order valence-corrected chi connectivity index (χ2v) is 6.76. The summed E-state index contributed by atoms with van der Waals surface area (Å²) in [7, 11) is 1.28. The van der Waals surface area contributed by atoms with Gasteiger partial charge in [-0.25, -0.2) is 9.37 Å². The summed E-state index contributed by atoms with van der Waals surface area (Å²) in [6.07, 6.45) is -4.61. The van der Waals surface area contributed by atoms with E-state index in [1.807, 2.05) is 0 Å². The molecule has 0 atom stereocenters. The quantitative estimate of drug-likeness (QED) is 0.606. The highest BCUT2D eigenvalue weighted by atomic mass is 19.4. The number of carbonyl (C=O) groups is 1. The van der Waals surface area contributed by atoms with Gasteiger partial charge in [-0.05, 0) is 23.8 Å². The van der Waals surface area contributed by atoms with Crippen LogP contribution in [0, 0.1) is 5.82 Å². The maximum Gasteiger partial charge on any atom is 0.449 e. The first-order valence-corrected chi connectivity index (χ1v) is 8.97. The molecule has 1 aliphatic rings. The third kappa shape index (κ3) is 3.46. The molecule has 0 aliphatic carbocycles. The number of rotatable bonds is 2. The van der Waals surface area contributed by atoms with Crippen LogP contribution in [0.1, 0.15) is 16.2 Å². The molecule has 0 spiro atoms. The van der Waals surface area contributed by atoms with Crippen LogP contribution in [0.15, 0.2) is 36.4 Å². The third-order valence-electron chi connectivity index (χ3n) is 4.97. The Labute approximate surface area is 163 Å². The van der Waals surface area contributed by atoms with Crippen molar-refractivity contribution in [2.24, 2.45) is 7.05 Å². The number of hydrogen-bond acceptors (Lipinski definition) is 3. The van der Waals surface area contributed by atoms with E-state index in [2.05, 4.69) is 4.98 Å². The van der Waals surface area contributed by atoms with Crippen LogP contribution in [0.3, 0.4) is 0 Å². The van der Waals surface area contributed by atoms with Crippen molar-refractivity contribution in [1.29, 1.82) is 0 Å². The topological polar surface area (TPSA) is 47.4 Å². The van der Waals surface area contributed by atoms with Gasteiger partial charge >= 0.3 is 6.18 Å². The molecular weight excluding hydrogens is 390 g/mol. The summed E-state index contributed by atoms with van der Waals surface area (Å²) in [6, 6.07) is 8.72. The predicted octanol–water partition coefficient (Wildman–Crippen LogP) is 3.87. The number of hydrogen-bond donors (Lipinski definition) is 0. The molecule has 1 aromatic heterocycles. The SMILES string of the molecule is Cn1c(C(F)(F)F)nc2c(-c3ccc(C(=O)N4CCOCC4)c(F)c3)cccc21. The van der Waals surface area contributed by atoms with E-state index >= 15 is 0 Å². The highest BCUT2D eigenvalue weighted by molar-refractivity contribution is 5.97. The smallest absolute Gasteiger partial charge is 0.378 e. The molecule has 2 heterocycles. The van der Waals surface area contributed by atoms with Gasteiger partial charge in [0.25, 0.3) is 5.91 Å². The van der Waals surface area contributed by atoms with Crippen LogP contribution in [0.4, 0.5) is 17.6 Å². The Hall–Kier alpha value is -2.94. The third-order valence-corrected chi connectivity index (χ3v) is 4.97. The summed E-state index contributed by atoms with van der Waals surface area (Å²) in [5.74, 6) is -2.20. The van der Waals surface area contributed by atoms with Crippen LogP contribution < -0.4 is 0 Å². The highest BCUT2D eigenvalue weighted by Crippen LogP contribution is 2.35. The van der Waals surface area contributed by atoms with Gasteiger partial charge in [0.05, 0.1) is 29.8 Å². The molecule has 5 nitrogen and oxygen atoms in total. The van der Waals surface area contributed by atoms with Gasteiger partial charge in [-0.15, -0.1) is 0 Å². The first-order valence-electron chi connectivity index (χ1n) is 8.97. The summed E-state index contributed by atoms with van der Waals surface area (Å²) < 4.78 is 60.5. The van der Waals surface area contributed by atoms with Gasteiger partial charge < -0.3 is 14.2 Å². The first kappa shape index (κ1) is 19.4. The van der Waals surface area contributed by atoms with E-state index in [0.717, 1.165) is 10.6 Å². The van der Waals surface area contributed by atoms with Crippen molar-refractivity contribution >= 4 is 16.9 Å². The Kier molecular flexibility index (Phi) is 4.77. The summed E-state index contributed by atoms with van der Waals surface area (Å²) >= 11 is 0. The Balaban J connectivity index is 1.75. The number of benzene rings is 2. The number of aryl methyl sites for hydroxylation is 1. The number of imidazole rings is 1. The van der Waals surface area contributed by atoms with E-state index in [0.29, 0.717) is 37.4 Å². The van der Waals surface area contributed by atoms with Crippen LogP contribution in [-0.4, -0.2) is 46.7 Å². The minimum Gasteiger partial charge on any atom is -0.378 e. The summed E-state index contributed by atoms with van der Waals surface area (Å²) in [6.45, 7) is 1.56. The number of halogens is 4. The largest absolute Gasteiger partial charge is 0.449 e. The second kappa shape index (κ2) is 7.14. The fourth-order valence-electron chi connectivity index (χ4n) is 3.49. The number of amides is 1. The van der Waals surface area contributed by atoms with E-state index in [-0.39, 0.29) is 16.6 Å². The van der Waals surface area contributed by atoms with Gasteiger partial charge in [-0.2, -0.15) is 13.2 Å². The molecule has 0 N–H and O–H groups in total. The van der Waals surface area contributed by atoms with E-state index in [4.69, 9.17) is 4.74 Å². The highest BCUT2D eigenvalue weighted by Gasteiger charge is 2.37. The molecule has 0 saturated carbocycles. The van der Waals surface area contributed by atoms with Crippen molar-refractivity contribution in [2.45, 2.75) is 6.18 Å². The van der Waals surface area contributed by atoms with Crippen LogP contribution in [0.2, 0.25) is 0 Å². The van der Waals surface area contributed by atoms with Crippen molar-refractivity contribution in [3.8, 4) is 11.1 Å². The molecule has 1 amide bonds. The number of para-hydroxylation sites is 1. The Morgan fingerprint density at radius 1 is 1.14 bits per heavy atom. The lowest BCUT2D eigenvalue weighted by atomic mass is 10.0. The van der Waals surface area contributed by atoms with Gasteiger partial charge in [0.1, 0.15) is 5.82 Å². The zero-order valence-electron chi connectivity index (χ0n) is 15.5. The summed E-state index contributed by atoms with van der Waals surface area (Å²) in [4.78, 5) is 17.8. The van der Waals surface area contributed by atoms with Crippen molar-refractivity contribution < 1.29 is 27.1 Å². The number of carbonyl (C=O) groups excluding carboxylic acids is 1. The lowest BCUT2D eigenvalue weighted by Gasteiger charge is -2.27. The fourth-order valence-corrected chi connectivity index (χ4v) is 3.49. The van der Waals surface area contributed by atoms with Crippen LogP contribution >= 0.6 is 0 Å². The zero-order chi connectivity index (χ0) is 20.8. The van der Waals surface area contributed by atoms with Crippen LogP contribution in [-0.2, 0) is 18.0 Å².